The molecule has 0 fully saturated rings. The molecule has 3 heteroatoms. The van der Waals surface area contributed by atoms with Crippen molar-refractivity contribution in [3.05, 3.63) is 35.4 Å². The van der Waals surface area contributed by atoms with Crippen molar-refractivity contribution >= 4 is 5.91 Å². The number of hydrogen-bond donors (Lipinski definition) is 2. The topological polar surface area (TPSA) is 41.1 Å². The van der Waals surface area contributed by atoms with E-state index < -0.39 is 0 Å². The van der Waals surface area contributed by atoms with E-state index in [9.17, 15) is 4.79 Å². The van der Waals surface area contributed by atoms with Crippen LogP contribution in [0.3, 0.4) is 0 Å². The summed E-state index contributed by atoms with van der Waals surface area (Å²) in [4.78, 5) is 11.0. The van der Waals surface area contributed by atoms with Crippen LogP contribution in [0.15, 0.2) is 24.3 Å². The zero-order chi connectivity index (χ0) is 12.0. The lowest BCUT2D eigenvalue weighted by atomic mass is 10.0. The van der Waals surface area contributed by atoms with Gasteiger partial charge in [0, 0.05) is 26.1 Å². The van der Waals surface area contributed by atoms with Crippen molar-refractivity contribution in [2.45, 2.75) is 26.3 Å². The second kappa shape index (κ2) is 6.28. The molecule has 1 atom stereocenters. The lowest BCUT2D eigenvalue weighted by molar-refractivity contribution is -0.120. The molecule has 0 saturated carbocycles. The Morgan fingerprint density at radius 3 is 2.69 bits per heavy atom. The summed E-state index contributed by atoms with van der Waals surface area (Å²) in [6.45, 7) is 4.92. The minimum Gasteiger partial charge on any atom is -0.359 e. The molecule has 0 radical (unpaired) electrons. The third-order valence-electron chi connectivity index (χ3n) is 2.74. The second-order valence-electron chi connectivity index (χ2n) is 3.96. The zero-order valence-electron chi connectivity index (χ0n) is 10.2. The average Bonchev–Trinajstić information content (AvgIpc) is 2.29. The number of amides is 1. The van der Waals surface area contributed by atoms with Crippen molar-refractivity contribution in [3.63, 3.8) is 0 Å². The van der Waals surface area contributed by atoms with E-state index >= 15 is 0 Å². The van der Waals surface area contributed by atoms with Crippen LogP contribution in [0.5, 0.6) is 0 Å². The monoisotopic (exact) mass is 220 g/mol. The summed E-state index contributed by atoms with van der Waals surface area (Å²) in [5, 5.41) is 5.96. The molecule has 0 aliphatic heterocycles. The van der Waals surface area contributed by atoms with E-state index in [0.29, 0.717) is 13.0 Å². The molecule has 0 aromatic heterocycles. The summed E-state index contributed by atoms with van der Waals surface area (Å²) in [5.74, 6) is 0.0736. The molecule has 3 nitrogen and oxygen atoms in total. The molecule has 1 aromatic rings. The fourth-order valence-electron chi connectivity index (χ4n) is 1.71. The van der Waals surface area contributed by atoms with Crippen molar-refractivity contribution in [3.8, 4) is 0 Å². The van der Waals surface area contributed by atoms with Crippen molar-refractivity contribution in [2.24, 2.45) is 0 Å². The lowest BCUT2D eigenvalue weighted by Gasteiger charge is -2.16. The van der Waals surface area contributed by atoms with Gasteiger partial charge in [0.05, 0.1) is 0 Å². The molecule has 0 saturated heterocycles. The van der Waals surface area contributed by atoms with Crippen LogP contribution in [0.25, 0.3) is 0 Å². The molecular weight excluding hydrogens is 200 g/mol. The molecule has 16 heavy (non-hydrogen) atoms. The standard InChI is InChI=1S/C13H20N2O/c1-10-6-4-5-7-12(10)11(2)15-9-8-13(16)14-3/h4-7,11,15H,8-9H2,1-3H3,(H,14,16)/t11-/m0/s1. The van der Waals surface area contributed by atoms with Crippen LogP contribution in [0.1, 0.15) is 30.5 Å². The molecule has 2 N–H and O–H groups in total. The third-order valence-corrected chi connectivity index (χ3v) is 2.74. The molecule has 1 amide bonds. The first-order valence-electron chi connectivity index (χ1n) is 5.64. The highest BCUT2D eigenvalue weighted by molar-refractivity contribution is 5.75. The maximum absolute atomic E-state index is 11.0. The Hall–Kier alpha value is -1.35. The summed E-state index contributed by atoms with van der Waals surface area (Å²) in [7, 11) is 1.66. The van der Waals surface area contributed by atoms with Gasteiger partial charge in [-0.15, -0.1) is 0 Å². The van der Waals surface area contributed by atoms with Crippen LogP contribution in [-0.4, -0.2) is 19.5 Å². The largest absolute Gasteiger partial charge is 0.359 e. The number of carbonyl (C=O) groups excluding carboxylic acids is 1. The summed E-state index contributed by atoms with van der Waals surface area (Å²) in [6, 6.07) is 8.58. The molecule has 0 aliphatic carbocycles. The fourth-order valence-corrected chi connectivity index (χ4v) is 1.71. The van der Waals surface area contributed by atoms with E-state index in [1.54, 1.807) is 7.05 Å². The normalized spacial score (nSPS) is 12.2. The maximum atomic E-state index is 11.0. The molecule has 0 unspecified atom stereocenters. The molecule has 0 aliphatic rings. The van der Waals surface area contributed by atoms with E-state index in [1.165, 1.54) is 11.1 Å². The molecule has 1 aromatic carbocycles. The smallest absolute Gasteiger partial charge is 0.221 e. The Morgan fingerprint density at radius 1 is 1.38 bits per heavy atom. The van der Waals surface area contributed by atoms with Crippen LogP contribution in [-0.2, 0) is 4.79 Å². The summed E-state index contributed by atoms with van der Waals surface area (Å²) in [5.41, 5.74) is 2.57. The Kier molecular flexibility index (Phi) is 4.99. The molecule has 0 heterocycles. The van der Waals surface area contributed by atoms with Gasteiger partial charge in [-0.3, -0.25) is 4.79 Å². The summed E-state index contributed by atoms with van der Waals surface area (Å²) < 4.78 is 0. The van der Waals surface area contributed by atoms with Crippen LogP contribution >= 0.6 is 0 Å². The zero-order valence-corrected chi connectivity index (χ0v) is 10.2. The summed E-state index contributed by atoms with van der Waals surface area (Å²) >= 11 is 0. The number of hydrogen-bond acceptors (Lipinski definition) is 2. The maximum Gasteiger partial charge on any atom is 0.221 e. The van der Waals surface area contributed by atoms with Gasteiger partial charge in [0.2, 0.25) is 5.91 Å². The van der Waals surface area contributed by atoms with Gasteiger partial charge in [0.15, 0.2) is 0 Å². The predicted octanol–water partition coefficient (Wildman–Crippen LogP) is 1.78. The van der Waals surface area contributed by atoms with Gasteiger partial charge in [-0.2, -0.15) is 0 Å². The molecule has 0 spiro atoms. The molecule has 88 valence electrons. The average molecular weight is 220 g/mol. The third kappa shape index (κ3) is 3.66. The van der Waals surface area contributed by atoms with E-state index in [2.05, 4.69) is 36.6 Å². The Labute approximate surface area is 97.2 Å². The van der Waals surface area contributed by atoms with Gasteiger partial charge >= 0.3 is 0 Å². The van der Waals surface area contributed by atoms with E-state index in [4.69, 9.17) is 0 Å². The minimum absolute atomic E-state index is 0.0736. The van der Waals surface area contributed by atoms with Crippen LogP contribution in [0.4, 0.5) is 0 Å². The molecule has 1 rings (SSSR count). The highest BCUT2D eigenvalue weighted by atomic mass is 16.1. The van der Waals surface area contributed by atoms with Gasteiger partial charge < -0.3 is 10.6 Å². The Bertz CT molecular complexity index is 350. The SMILES string of the molecule is CNC(=O)CCN[C@@H](C)c1ccccc1C. The quantitative estimate of drug-likeness (QED) is 0.794. The number of nitrogens with one attached hydrogen (secondary N) is 2. The Balaban J connectivity index is 2.44. The molecular formula is C13H20N2O. The Morgan fingerprint density at radius 2 is 2.06 bits per heavy atom. The highest BCUT2D eigenvalue weighted by Crippen LogP contribution is 2.16. The van der Waals surface area contributed by atoms with Crippen LogP contribution in [0, 0.1) is 6.92 Å². The van der Waals surface area contributed by atoms with E-state index in [1.807, 2.05) is 12.1 Å². The molecule has 0 bridgehead atoms. The van der Waals surface area contributed by atoms with E-state index in [-0.39, 0.29) is 11.9 Å². The van der Waals surface area contributed by atoms with Gasteiger partial charge in [0.25, 0.3) is 0 Å². The first-order chi connectivity index (χ1) is 7.65. The van der Waals surface area contributed by atoms with Gasteiger partial charge in [0.1, 0.15) is 0 Å². The first-order valence-corrected chi connectivity index (χ1v) is 5.64. The van der Waals surface area contributed by atoms with Gasteiger partial charge in [-0.1, -0.05) is 24.3 Å². The number of carbonyl (C=O) groups is 1. The number of aryl methyl sites for hydroxylation is 1. The fraction of sp³-hybridized carbons (Fsp3) is 0.462. The predicted molar refractivity (Wildman–Crippen MR) is 66.3 cm³/mol. The van der Waals surface area contributed by atoms with Crippen molar-refractivity contribution < 1.29 is 4.79 Å². The van der Waals surface area contributed by atoms with Gasteiger partial charge in [-0.05, 0) is 25.0 Å². The number of rotatable bonds is 5. The van der Waals surface area contributed by atoms with Crippen LogP contribution < -0.4 is 10.6 Å². The second-order valence-corrected chi connectivity index (χ2v) is 3.96. The number of benzene rings is 1. The van der Waals surface area contributed by atoms with Crippen molar-refractivity contribution in [2.75, 3.05) is 13.6 Å². The van der Waals surface area contributed by atoms with E-state index in [0.717, 1.165) is 0 Å². The lowest BCUT2D eigenvalue weighted by Crippen LogP contribution is -2.26. The minimum atomic E-state index is 0.0736. The summed E-state index contributed by atoms with van der Waals surface area (Å²) in [6.07, 6.45) is 0.521. The van der Waals surface area contributed by atoms with Crippen molar-refractivity contribution in [1.82, 2.24) is 10.6 Å². The first kappa shape index (κ1) is 12.7. The van der Waals surface area contributed by atoms with Crippen molar-refractivity contribution in [1.29, 1.82) is 0 Å². The van der Waals surface area contributed by atoms with Crippen LogP contribution in [0.2, 0.25) is 0 Å². The van der Waals surface area contributed by atoms with Gasteiger partial charge in [-0.25, -0.2) is 0 Å². The highest BCUT2D eigenvalue weighted by Gasteiger charge is 2.07.